The molecule has 25 heavy (non-hydrogen) atoms. The predicted molar refractivity (Wildman–Crippen MR) is 93.4 cm³/mol. The van der Waals surface area contributed by atoms with Crippen LogP contribution in [-0.2, 0) is 11.8 Å². The molecule has 0 saturated heterocycles. The van der Waals surface area contributed by atoms with E-state index in [9.17, 15) is 9.59 Å². The first kappa shape index (κ1) is 16.9. The Hall–Kier alpha value is -2.96. The summed E-state index contributed by atoms with van der Waals surface area (Å²) in [6.07, 6.45) is 7.74. The summed E-state index contributed by atoms with van der Waals surface area (Å²) < 4.78 is 6.60. The molecule has 0 bridgehead atoms. The molecule has 1 aliphatic heterocycles. The number of amides is 2. The van der Waals surface area contributed by atoms with Crippen molar-refractivity contribution in [3.8, 4) is 5.88 Å². The maximum Gasteiger partial charge on any atom is 0.284 e. The molecular weight excluding hydrogens is 320 g/mol. The van der Waals surface area contributed by atoms with Crippen molar-refractivity contribution >= 4 is 17.5 Å². The first-order valence-electron chi connectivity index (χ1n) is 8.06. The van der Waals surface area contributed by atoms with E-state index in [0.29, 0.717) is 17.7 Å². The number of hydrogen-bond donors (Lipinski definition) is 1. The van der Waals surface area contributed by atoms with Crippen LogP contribution in [0.2, 0.25) is 0 Å². The van der Waals surface area contributed by atoms with Crippen molar-refractivity contribution in [1.29, 1.82) is 0 Å². The standard InChI is InChI=1S/C18H20N4O3/c1-5-12-10(2)13-7-6-11(8-15(13)20-16(12)23)19-17(24)14-9-22(3)21-18(14)25-4/h6-9,13H,5H2,1-4H3,(H,20,23). The highest BCUT2D eigenvalue weighted by Gasteiger charge is 2.29. The van der Waals surface area contributed by atoms with Gasteiger partial charge in [0.1, 0.15) is 5.56 Å². The molecule has 0 aromatic carbocycles. The van der Waals surface area contributed by atoms with Crippen molar-refractivity contribution in [2.75, 3.05) is 7.11 Å². The summed E-state index contributed by atoms with van der Waals surface area (Å²) in [6.45, 7) is 3.93. The Bertz CT molecular complexity index is 871. The molecule has 1 aliphatic carbocycles. The van der Waals surface area contributed by atoms with Gasteiger partial charge < -0.3 is 10.1 Å². The fourth-order valence-corrected chi connectivity index (χ4v) is 3.11. The number of methoxy groups -OCH3 is 1. The lowest BCUT2D eigenvalue weighted by Crippen LogP contribution is -2.36. The summed E-state index contributed by atoms with van der Waals surface area (Å²) in [6, 6.07) is 0. The van der Waals surface area contributed by atoms with Gasteiger partial charge in [-0.15, -0.1) is 5.10 Å². The van der Waals surface area contributed by atoms with Gasteiger partial charge in [-0.1, -0.05) is 18.6 Å². The SMILES string of the molecule is CCC1=C(C)C2C=CC(=NC(=O)c3cn(C)nc3OC)C=C2NC1=O. The van der Waals surface area contributed by atoms with Gasteiger partial charge in [-0.2, -0.15) is 0 Å². The normalized spacial score (nSPS) is 21.1. The first-order chi connectivity index (χ1) is 11.9. The van der Waals surface area contributed by atoms with Crippen LogP contribution in [0.3, 0.4) is 0 Å². The third-order valence-electron chi connectivity index (χ3n) is 4.38. The van der Waals surface area contributed by atoms with Gasteiger partial charge in [-0.25, -0.2) is 4.99 Å². The number of hydrogen-bond acceptors (Lipinski definition) is 4. The van der Waals surface area contributed by atoms with Crippen molar-refractivity contribution in [2.24, 2.45) is 18.0 Å². The van der Waals surface area contributed by atoms with Crippen molar-refractivity contribution in [2.45, 2.75) is 20.3 Å². The van der Waals surface area contributed by atoms with Gasteiger partial charge in [0.2, 0.25) is 5.88 Å². The maximum atomic E-state index is 12.4. The molecule has 0 saturated carbocycles. The number of carbonyl (C=O) groups excluding carboxylic acids is 2. The lowest BCUT2D eigenvalue weighted by atomic mass is 9.84. The topological polar surface area (TPSA) is 85.6 Å². The smallest absolute Gasteiger partial charge is 0.284 e. The van der Waals surface area contributed by atoms with E-state index in [2.05, 4.69) is 15.4 Å². The van der Waals surface area contributed by atoms with Crippen LogP contribution < -0.4 is 10.1 Å². The molecule has 1 N–H and O–H groups in total. The number of nitrogens with zero attached hydrogens (tertiary/aromatic N) is 3. The highest BCUT2D eigenvalue weighted by molar-refractivity contribution is 6.14. The van der Waals surface area contributed by atoms with Gasteiger partial charge in [-0.3, -0.25) is 14.3 Å². The molecule has 1 aromatic heterocycles. The molecule has 1 aromatic rings. The van der Waals surface area contributed by atoms with Crippen molar-refractivity contribution in [3.05, 3.63) is 46.8 Å². The number of aryl methyl sites for hydroxylation is 1. The van der Waals surface area contributed by atoms with Crippen LogP contribution in [0.5, 0.6) is 5.88 Å². The molecule has 0 radical (unpaired) electrons. The minimum Gasteiger partial charge on any atom is -0.479 e. The fourth-order valence-electron chi connectivity index (χ4n) is 3.11. The van der Waals surface area contributed by atoms with Crippen LogP contribution >= 0.6 is 0 Å². The van der Waals surface area contributed by atoms with Crippen molar-refractivity contribution in [3.63, 3.8) is 0 Å². The lowest BCUT2D eigenvalue weighted by Gasteiger charge is -2.29. The van der Waals surface area contributed by atoms with Crippen LogP contribution in [0.25, 0.3) is 0 Å². The quantitative estimate of drug-likeness (QED) is 0.911. The molecular formula is C18H20N4O3. The van der Waals surface area contributed by atoms with Crippen molar-refractivity contribution < 1.29 is 14.3 Å². The molecule has 7 heteroatoms. The minimum absolute atomic E-state index is 0.0228. The minimum atomic E-state index is -0.441. The molecule has 0 fully saturated rings. The maximum absolute atomic E-state index is 12.4. The van der Waals surface area contributed by atoms with Crippen LogP contribution in [0, 0.1) is 5.92 Å². The summed E-state index contributed by atoms with van der Waals surface area (Å²) in [5.41, 5.74) is 3.36. The molecule has 3 rings (SSSR count). The third-order valence-corrected chi connectivity index (χ3v) is 4.38. The van der Waals surface area contributed by atoms with E-state index >= 15 is 0 Å². The number of nitrogens with one attached hydrogen (secondary N) is 1. The van der Waals surface area contributed by atoms with Crippen LogP contribution in [-0.4, -0.2) is 34.4 Å². The summed E-state index contributed by atoms with van der Waals surface area (Å²) >= 11 is 0. The summed E-state index contributed by atoms with van der Waals surface area (Å²) in [5, 5.41) is 6.95. The van der Waals surface area contributed by atoms with Gasteiger partial charge >= 0.3 is 0 Å². The molecule has 130 valence electrons. The van der Waals surface area contributed by atoms with E-state index in [4.69, 9.17) is 4.74 Å². The van der Waals surface area contributed by atoms with Gasteiger partial charge in [0.15, 0.2) is 0 Å². The molecule has 7 nitrogen and oxygen atoms in total. The van der Waals surface area contributed by atoms with E-state index in [1.54, 1.807) is 25.4 Å². The zero-order chi connectivity index (χ0) is 18.1. The number of allylic oxidation sites excluding steroid dienone is 3. The van der Waals surface area contributed by atoms with Crippen molar-refractivity contribution in [1.82, 2.24) is 15.1 Å². The number of fused-ring (bicyclic) bond motifs is 1. The van der Waals surface area contributed by atoms with Crippen LogP contribution in [0.1, 0.15) is 30.6 Å². The Kier molecular flexibility index (Phi) is 4.39. The molecule has 0 spiro atoms. The molecule has 1 atom stereocenters. The number of carbonyl (C=O) groups is 2. The predicted octanol–water partition coefficient (Wildman–Crippen LogP) is 1.94. The van der Waals surface area contributed by atoms with E-state index in [1.165, 1.54) is 11.8 Å². The summed E-state index contributed by atoms with van der Waals surface area (Å²) in [4.78, 5) is 28.7. The molecule has 2 heterocycles. The number of ether oxygens (including phenoxy) is 1. The Labute approximate surface area is 145 Å². The average molecular weight is 340 g/mol. The Morgan fingerprint density at radius 3 is 2.92 bits per heavy atom. The number of aliphatic imine (C=N–C) groups is 1. The van der Waals surface area contributed by atoms with E-state index < -0.39 is 5.91 Å². The molecule has 2 amide bonds. The van der Waals surface area contributed by atoms with Crippen LogP contribution in [0.15, 0.2) is 46.3 Å². The largest absolute Gasteiger partial charge is 0.479 e. The lowest BCUT2D eigenvalue weighted by molar-refractivity contribution is -0.117. The first-order valence-corrected chi connectivity index (χ1v) is 8.06. The Morgan fingerprint density at radius 1 is 1.48 bits per heavy atom. The number of rotatable bonds is 3. The average Bonchev–Trinajstić information content (AvgIpc) is 2.96. The van der Waals surface area contributed by atoms with Gasteiger partial charge in [0, 0.05) is 30.4 Å². The van der Waals surface area contributed by atoms with E-state index in [1.807, 2.05) is 19.9 Å². The Morgan fingerprint density at radius 2 is 2.24 bits per heavy atom. The fraction of sp³-hybridized carbons (Fsp3) is 0.333. The van der Waals surface area contributed by atoms with Crippen LogP contribution in [0.4, 0.5) is 0 Å². The summed E-state index contributed by atoms with van der Waals surface area (Å²) in [7, 11) is 3.16. The second kappa shape index (κ2) is 6.51. The highest BCUT2D eigenvalue weighted by atomic mass is 16.5. The Balaban J connectivity index is 1.91. The second-order valence-electron chi connectivity index (χ2n) is 5.97. The number of aromatic nitrogens is 2. The van der Waals surface area contributed by atoms with E-state index in [0.717, 1.165) is 16.8 Å². The molecule has 1 unspecified atom stereocenters. The monoisotopic (exact) mass is 340 g/mol. The second-order valence-corrected chi connectivity index (χ2v) is 5.97. The van der Waals surface area contributed by atoms with Gasteiger partial charge in [-0.05, 0) is 25.5 Å². The zero-order valence-corrected chi connectivity index (χ0v) is 14.7. The van der Waals surface area contributed by atoms with E-state index in [-0.39, 0.29) is 17.7 Å². The third kappa shape index (κ3) is 3.05. The highest BCUT2D eigenvalue weighted by Crippen LogP contribution is 2.31. The molecule has 2 aliphatic rings. The van der Waals surface area contributed by atoms with Gasteiger partial charge in [0.25, 0.3) is 11.8 Å². The van der Waals surface area contributed by atoms with Gasteiger partial charge in [0.05, 0.1) is 12.8 Å². The summed E-state index contributed by atoms with van der Waals surface area (Å²) in [5.74, 6) is -0.268. The zero-order valence-electron chi connectivity index (χ0n) is 14.7.